The summed E-state index contributed by atoms with van der Waals surface area (Å²) >= 11 is 5.71. The maximum absolute atomic E-state index is 13.1. The summed E-state index contributed by atoms with van der Waals surface area (Å²) in [5.74, 6) is -0.565. The van der Waals surface area contributed by atoms with E-state index in [2.05, 4.69) is 9.97 Å². The third-order valence-corrected chi connectivity index (χ3v) is 2.31. The highest BCUT2D eigenvalue weighted by Crippen LogP contribution is 2.31. The SMILES string of the molecule is Cc1nc(Cl)cc(Oc2cc(F)ccc2[N+](=O)[O-])n1. The van der Waals surface area contributed by atoms with Gasteiger partial charge in [-0.05, 0) is 13.0 Å². The molecular weight excluding hydrogens is 277 g/mol. The van der Waals surface area contributed by atoms with E-state index in [1.165, 1.54) is 6.07 Å². The van der Waals surface area contributed by atoms with Gasteiger partial charge in [0.05, 0.1) is 4.92 Å². The first-order valence-electron chi connectivity index (χ1n) is 5.08. The molecule has 1 heterocycles. The first-order valence-corrected chi connectivity index (χ1v) is 5.46. The van der Waals surface area contributed by atoms with Crippen LogP contribution in [-0.2, 0) is 0 Å². The van der Waals surface area contributed by atoms with E-state index in [1.54, 1.807) is 6.92 Å². The van der Waals surface area contributed by atoms with E-state index >= 15 is 0 Å². The van der Waals surface area contributed by atoms with Crippen LogP contribution in [0.25, 0.3) is 0 Å². The van der Waals surface area contributed by atoms with Crippen LogP contribution >= 0.6 is 11.6 Å². The molecule has 0 aliphatic carbocycles. The Morgan fingerprint density at radius 1 is 1.37 bits per heavy atom. The highest BCUT2D eigenvalue weighted by Gasteiger charge is 2.17. The average Bonchev–Trinajstić information content (AvgIpc) is 2.26. The fourth-order valence-corrected chi connectivity index (χ4v) is 1.61. The summed E-state index contributed by atoms with van der Waals surface area (Å²) in [6.45, 7) is 1.58. The van der Waals surface area contributed by atoms with E-state index in [4.69, 9.17) is 16.3 Å². The molecule has 0 fully saturated rings. The molecule has 0 N–H and O–H groups in total. The molecule has 0 bridgehead atoms. The first kappa shape index (κ1) is 13.2. The minimum absolute atomic E-state index is 0.00574. The summed E-state index contributed by atoms with van der Waals surface area (Å²) in [4.78, 5) is 17.8. The van der Waals surface area contributed by atoms with Crippen molar-refractivity contribution in [3.63, 3.8) is 0 Å². The lowest BCUT2D eigenvalue weighted by atomic mass is 10.3. The van der Waals surface area contributed by atoms with E-state index in [9.17, 15) is 14.5 Å². The summed E-state index contributed by atoms with van der Waals surface area (Å²) < 4.78 is 18.3. The van der Waals surface area contributed by atoms with Gasteiger partial charge in [-0.2, -0.15) is 4.98 Å². The van der Waals surface area contributed by atoms with Crippen LogP contribution < -0.4 is 4.74 Å². The number of nitro groups is 1. The number of nitrogens with zero attached hydrogens (tertiary/aromatic N) is 3. The highest BCUT2D eigenvalue weighted by atomic mass is 35.5. The van der Waals surface area contributed by atoms with Gasteiger partial charge in [-0.1, -0.05) is 11.6 Å². The lowest BCUT2D eigenvalue weighted by Crippen LogP contribution is -1.97. The lowest BCUT2D eigenvalue weighted by Gasteiger charge is -2.06. The third-order valence-electron chi connectivity index (χ3n) is 2.12. The van der Waals surface area contributed by atoms with Gasteiger partial charge >= 0.3 is 5.69 Å². The van der Waals surface area contributed by atoms with Crippen molar-refractivity contribution in [1.29, 1.82) is 0 Å². The van der Waals surface area contributed by atoms with E-state index in [0.717, 1.165) is 18.2 Å². The molecule has 2 aromatic rings. The number of rotatable bonds is 3. The van der Waals surface area contributed by atoms with E-state index < -0.39 is 10.7 Å². The number of hydrogen-bond acceptors (Lipinski definition) is 5. The molecule has 8 heteroatoms. The fraction of sp³-hybridized carbons (Fsp3) is 0.0909. The van der Waals surface area contributed by atoms with Gasteiger partial charge in [0.1, 0.15) is 16.8 Å². The van der Waals surface area contributed by atoms with Crippen molar-refractivity contribution >= 4 is 17.3 Å². The summed E-state index contributed by atoms with van der Waals surface area (Å²) in [7, 11) is 0. The predicted molar refractivity (Wildman–Crippen MR) is 64.9 cm³/mol. The summed E-state index contributed by atoms with van der Waals surface area (Å²) in [6, 6.07) is 4.18. The highest BCUT2D eigenvalue weighted by molar-refractivity contribution is 6.29. The van der Waals surface area contributed by atoms with Crippen LogP contribution in [0.1, 0.15) is 5.82 Å². The van der Waals surface area contributed by atoms with E-state index in [1.807, 2.05) is 0 Å². The molecule has 0 saturated heterocycles. The van der Waals surface area contributed by atoms with Crippen molar-refractivity contribution in [3.8, 4) is 11.6 Å². The predicted octanol–water partition coefficient (Wildman–Crippen LogP) is 3.28. The number of halogens is 2. The normalized spacial score (nSPS) is 10.3. The molecule has 6 nitrogen and oxygen atoms in total. The number of hydrogen-bond donors (Lipinski definition) is 0. The molecule has 0 unspecified atom stereocenters. The molecule has 2 rings (SSSR count). The molecule has 98 valence electrons. The summed E-state index contributed by atoms with van der Waals surface area (Å²) in [5.41, 5.74) is -0.367. The topological polar surface area (TPSA) is 78.2 Å². The standard InChI is InChI=1S/C11H7ClFN3O3/c1-6-14-10(12)5-11(15-6)19-9-4-7(13)2-3-8(9)16(17)18/h2-5H,1H3. The average molecular weight is 284 g/mol. The van der Waals surface area contributed by atoms with Crippen LogP contribution in [0.3, 0.4) is 0 Å². The molecule has 1 aromatic heterocycles. The Morgan fingerprint density at radius 2 is 2.11 bits per heavy atom. The molecule has 0 aliphatic rings. The Balaban J connectivity index is 2.42. The van der Waals surface area contributed by atoms with Crippen molar-refractivity contribution in [1.82, 2.24) is 9.97 Å². The second-order valence-electron chi connectivity index (χ2n) is 3.55. The van der Waals surface area contributed by atoms with Crippen LogP contribution in [0.4, 0.5) is 10.1 Å². The Kier molecular flexibility index (Phi) is 3.57. The van der Waals surface area contributed by atoms with Gasteiger partial charge in [0, 0.05) is 18.2 Å². The van der Waals surface area contributed by atoms with Crippen molar-refractivity contribution in [3.05, 3.63) is 51.2 Å². The van der Waals surface area contributed by atoms with E-state index in [0.29, 0.717) is 5.82 Å². The third kappa shape index (κ3) is 3.14. The first-order chi connectivity index (χ1) is 8.95. The molecule has 0 radical (unpaired) electrons. The summed E-state index contributed by atoms with van der Waals surface area (Å²) in [5, 5.41) is 10.9. The maximum atomic E-state index is 13.1. The minimum atomic E-state index is -0.676. The van der Waals surface area contributed by atoms with Crippen molar-refractivity contribution in [2.45, 2.75) is 6.92 Å². The number of aryl methyl sites for hydroxylation is 1. The van der Waals surface area contributed by atoms with Gasteiger partial charge in [-0.15, -0.1) is 0 Å². The zero-order valence-electron chi connectivity index (χ0n) is 9.63. The van der Waals surface area contributed by atoms with Crippen LogP contribution in [0.5, 0.6) is 11.6 Å². The van der Waals surface area contributed by atoms with Crippen LogP contribution in [0.2, 0.25) is 5.15 Å². The molecule has 19 heavy (non-hydrogen) atoms. The number of ether oxygens (including phenoxy) is 1. The fourth-order valence-electron chi connectivity index (χ4n) is 1.39. The second kappa shape index (κ2) is 5.15. The number of nitro benzene ring substituents is 1. The van der Waals surface area contributed by atoms with Crippen molar-refractivity contribution in [2.75, 3.05) is 0 Å². The minimum Gasteiger partial charge on any atom is -0.432 e. The molecule has 0 amide bonds. The molecule has 0 atom stereocenters. The zero-order valence-corrected chi connectivity index (χ0v) is 10.4. The van der Waals surface area contributed by atoms with Crippen LogP contribution in [0.15, 0.2) is 24.3 Å². The molecule has 0 spiro atoms. The number of benzene rings is 1. The largest absolute Gasteiger partial charge is 0.432 e. The lowest BCUT2D eigenvalue weighted by molar-refractivity contribution is -0.385. The Labute approximate surface area is 112 Å². The molecular formula is C11H7ClFN3O3. The maximum Gasteiger partial charge on any atom is 0.311 e. The monoisotopic (exact) mass is 283 g/mol. The Bertz CT molecular complexity index is 631. The van der Waals surface area contributed by atoms with Crippen LogP contribution in [0, 0.1) is 22.9 Å². The molecule has 0 aliphatic heterocycles. The molecule has 1 aromatic carbocycles. The second-order valence-corrected chi connectivity index (χ2v) is 3.93. The Morgan fingerprint density at radius 3 is 2.74 bits per heavy atom. The van der Waals surface area contributed by atoms with Gasteiger partial charge in [-0.25, -0.2) is 9.37 Å². The van der Waals surface area contributed by atoms with Gasteiger partial charge in [0.25, 0.3) is 0 Å². The van der Waals surface area contributed by atoms with Gasteiger partial charge in [0.15, 0.2) is 0 Å². The van der Waals surface area contributed by atoms with Gasteiger partial charge in [-0.3, -0.25) is 10.1 Å². The number of aromatic nitrogens is 2. The van der Waals surface area contributed by atoms with Gasteiger partial charge < -0.3 is 4.74 Å². The van der Waals surface area contributed by atoms with Crippen LogP contribution in [-0.4, -0.2) is 14.9 Å². The Hall–Kier alpha value is -2.28. The molecule has 0 saturated carbocycles. The summed E-state index contributed by atoms with van der Waals surface area (Å²) in [6.07, 6.45) is 0. The van der Waals surface area contributed by atoms with Crippen molar-refractivity contribution in [2.24, 2.45) is 0 Å². The zero-order chi connectivity index (χ0) is 14.0. The van der Waals surface area contributed by atoms with E-state index in [-0.39, 0.29) is 22.5 Å². The quantitative estimate of drug-likeness (QED) is 0.491. The smallest absolute Gasteiger partial charge is 0.311 e. The van der Waals surface area contributed by atoms with Crippen molar-refractivity contribution < 1.29 is 14.1 Å². The van der Waals surface area contributed by atoms with Gasteiger partial charge in [0.2, 0.25) is 11.6 Å².